The van der Waals surface area contributed by atoms with E-state index in [0.29, 0.717) is 11.4 Å². The zero-order valence-corrected chi connectivity index (χ0v) is 16.1. The van der Waals surface area contributed by atoms with Crippen molar-refractivity contribution in [2.75, 3.05) is 12.9 Å². The van der Waals surface area contributed by atoms with E-state index in [4.69, 9.17) is 21.3 Å². The van der Waals surface area contributed by atoms with Gasteiger partial charge in [-0.25, -0.2) is 4.79 Å². The molecule has 6 heteroatoms. The number of esters is 1. The molecule has 1 aliphatic rings. The van der Waals surface area contributed by atoms with Gasteiger partial charge in [0.05, 0.1) is 6.61 Å². The molecule has 2 aromatic rings. The Labute approximate surface area is 162 Å². The fourth-order valence-corrected chi connectivity index (χ4v) is 3.38. The Morgan fingerprint density at radius 3 is 2.50 bits per heavy atom. The maximum atomic E-state index is 12.5. The van der Waals surface area contributed by atoms with Crippen LogP contribution in [-0.4, -0.2) is 24.7 Å². The zero-order valence-electron chi connectivity index (χ0n) is 14.5. The standard InChI is InChI=1S/C20H19ClN2O2S/c1-3-25-20(24)16-17(13-9-11-15(26-2)12-10-13)22-19(23-18(16)21)14-7-5-4-6-8-14/h4-12,17H,3H2,1-2H3,(H,22,23). The van der Waals surface area contributed by atoms with Crippen LogP contribution >= 0.6 is 23.4 Å². The molecular weight excluding hydrogens is 368 g/mol. The average Bonchev–Trinajstić information content (AvgIpc) is 2.68. The minimum atomic E-state index is -0.520. The Morgan fingerprint density at radius 1 is 1.19 bits per heavy atom. The van der Waals surface area contributed by atoms with Crippen LogP contribution in [0.1, 0.15) is 24.1 Å². The fourth-order valence-electron chi connectivity index (χ4n) is 2.70. The monoisotopic (exact) mass is 386 g/mol. The zero-order chi connectivity index (χ0) is 18.5. The van der Waals surface area contributed by atoms with E-state index in [-0.39, 0.29) is 11.8 Å². The lowest BCUT2D eigenvalue weighted by atomic mass is 9.98. The normalized spacial score (nSPS) is 16.7. The van der Waals surface area contributed by atoms with Crippen molar-refractivity contribution in [3.05, 3.63) is 76.5 Å². The largest absolute Gasteiger partial charge is 0.462 e. The minimum absolute atomic E-state index is 0.247. The van der Waals surface area contributed by atoms with Crippen molar-refractivity contribution >= 4 is 35.2 Å². The number of halogens is 1. The number of amidine groups is 1. The molecule has 3 rings (SSSR count). The molecule has 0 aromatic heterocycles. The van der Waals surface area contributed by atoms with Crippen LogP contribution in [0.25, 0.3) is 0 Å². The topological polar surface area (TPSA) is 50.7 Å². The number of nitrogens with one attached hydrogen (secondary N) is 1. The second kappa shape index (κ2) is 8.43. The van der Waals surface area contributed by atoms with Crippen molar-refractivity contribution in [1.29, 1.82) is 0 Å². The molecule has 0 bridgehead atoms. The molecule has 1 aliphatic heterocycles. The first kappa shape index (κ1) is 18.5. The number of hydrogen-bond acceptors (Lipinski definition) is 5. The molecule has 1 heterocycles. The van der Waals surface area contributed by atoms with Gasteiger partial charge in [-0.1, -0.05) is 54.1 Å². The number of thioether (sulfide) groups is 1. The van der Waals surface area contributed by atoms with E-state index in [1.54, 1.807) is 18.7 Å². The molecule has 26 heavy (non-hydrogen) atoms. The highest BCUT2D eigenvalue weighted by Crippen LogP contribution is 2.34. The molecule has 0 saturated heterocycles. The third-order valence-electron chi connectivity index (χ3n) is 3.97. The fraction of sp³-hybridized carbons (Fsp3) is 0.200. The van der Waals surface area contributed by atoms with Crippen LogP contribution in [0, 0.1) is 0 Å². The first-order valence-corrected chi connectivity index (χ1v) is 9.85. The lowest BCUT2D eigenvalue weighted by Gasteiger charge is -2.25. The molecule has 1 atom stereocenters. The molecule has 1 unspecified atom stereocenters. The molecule has 4 nitrogen and oxygen atoms in total. The summed E-state index contributed by atoms with van der Waals surface area (Å²) < 4.78 is 5.19. The molecule has 0 aliphatic carbocycles. The van der Waals surface area contributed by atoms with Crippen LogP contribution < -0.4 is 5.32 Å². The van der Waals surface area contributed by atoms with Crippen molar-refractivity contribution in [2.45, 2.75) is 17.9 Å². The van der Waals surface area contributed by atoms with Crippen molar-refractivity contribution in [2.24, 2.45) is 4.99 Å². The van der Waals surface area contributed by atoms with E-state index in [1.807, 2.05) is 60.9 Å². The Morgan fingerprint density at radius 2 is 1.88 bits per heavy atom. The summed E-state index contributed by atoms with van der Waals surface area (Å²) in [6.45, 7) is 2.05. The first-order valence-electron chi connectivity index (χ1n) is 8.25. The molecule has 0 amide bonds. The number of rotatable bonds is 5. The first-order chi connectivity index (χ1) is 12.6. The van der Waals surface area contributed by atoms with E-state index < -0.39 is 12.0 Å². The van der Waals surface area contributed by atoms with Crippen LogP contribution in [0.15, 0.2) is 75.2 Å². The highest BCUT2D eigenvalue weighted by molar-refractivity contribution is 7.98. The molecule has 2 aromatic carbocycles. The Balaban J connectivity index is 2.05. The van der Waals surface area contributed by atoms with Gasteiger partial charge >= 0.3 is 5.97 Å². The van der Waals surface area contributed by atoms with Gasteiger partial charge in [0.2, 0.25) is 0 Å². The molecule has 0 fully saturated rings. The number of carbonyl (C=O) groups excluding carboxylic acids is 1. The summed E-state index contributed by atoms with van der Waals surface area (Å²) in [6.07, 6.45) is 2.02. The summed E-state index contributed by atoms with van der Waals surface area (Å²) >= 11 is 8.10. The number of aliphatic imine (C=N–C) groups is 1. The van der Waals surface area contributed by atoms with E-state index in [9.17, 15) is 4.79 Å². The number of nitrogens with zero attached hydrogens (tertiary/aromatic N) is 1. The number of ether oxygens (including phenoxy) is 1. The molecule has 134 valence electrons. The summed E-state index contributed by atoms with van der Waals surface area (Å²) in [5.41, 5.74) is 2.11. The summed E-state index contributed by atoms with van der Waals surface area (Å²) in [5.74, 6) is 0.169. The summed E-state index contributed by atoms with van der Waals surface area (Å²) in [5, 5.41) is 3.28. The summed E-state index contributed by atoms with van der Waals surface area (Å²) in [4.78, 5) is 18.4. The van der Waals surface area contributed by atoms with Crippen LogP contribution in [0.3, 0.4) is 0 Å². The molecule has 0 saturated carbocycles. The predicted octanol–water partition coefficient (Wildman–Crippen LogP) is 4.51. The highest BCUT2D eigenvalue weighted by atomic mass is 35.5. The van der Waals surface area contributed by atoms with Crippen molar-refractivity contribution < 1.29 is 9.53 Å². The van der Waals surface area contributed by atoms with Crippen molar-refractivity contribution in [1.82, 2.24) is 5.32 Å². The van der Waals surface area contributed by atoms with E-state index in [0.717, 1.165) is 16.0 Å². The van der Waals surface area contributed by atoms with E-state index >= 15 is 0 Å². The molecule has 1 N–H and O–H groups in total. The van der Waals surface area contributed by atoms with Crippen LogP contribution in [-0.2, 0) is 9.53 Å². The van der Waals surface area contributed by atoms with Crippen molar-refractivity contribution in [3.8, 4) is 0 Å². The molecule has 0 radical (unpaired) electrons. The van der Waals surface area contributed by atoms with Gasteiger partial charge in [-0.3, -0.25) is 4.99 Å². The SMILES string of the molecule is CCOC(=O)C1=C(Cl)NC(c2ccccc2)=NC1c1ccc(SC)cc1. The Bertz CT molecular complexity index is 848. The van der Waals surface area contributed by atoms with Crippen molar-refractivity contribution in [3.63, 3.8) is 0 Å². The second-order valence-electron chi connectivity index (χ2n) is 5.59. The maximum Gasteiger partial charge on any atom is 0.339 e. The van der Waals surface area contributed by atoms with Gasteiger partial charge in [-0.2, -0.15) is 0 Å². The van der Waals surface area contributed by atoms with Crippen LogP contribution in [0.4, 0.5) is 0 Å². The molecule has 0 spiro atoms. The second-order valence-corrected chi connectivity index (χ2v) is 6.85. The van der Waals surface area contributed by atoms with E-state index in [2.05, 4.69) is 5.32 Å². The predicted molar refractivity (Wildman–Crippen MR) is 107 cm³/mol. The highest BCUT2D eigenvalue weighted by Gasteiger charge is 2.31. The lowest BCUT2D eigenvalue weighted by Crippen LogP contribution is -2.32. The smallest absolute Gasteiger partial charge is 0.339 e. The van der Waals surface area contributed by atoms with Gasteiger partial charge in [0.1, 0.15) is 22.6 Å². The third kappa shape index (κ3) is 3.94. The minimum Gasteiger partial charge on any atom is -0.462 e. The van der Waals surface area contributed by atoms with Gasteiger partial charge in [-0.15, -0.1) is 11.8 Å². The van der Waals surface area contributed by atoms with Gasteiger partial charge in [0.25, 0.3) is 0 Å². The van der Waals surface area contributed by atoms with E-state index in [1.165, 1.54) is 0 Å². The van der Waals surface area contributed by atoms with Gasteiger partial charge < -0.3 is 10.1 Å². The van der Waals surface area contributed by atoms with Crippen LogP contribution in [0.2, 0.25) is 0 Å². The van der Waals surface area contributed by atoms with Gasteiger partial charge in [0.15, 0.2) is 0 Å². The summed E-state index contributed by atoms with van der Waals surface area (Å²) in [7, 11) is 0. The number of benzene rings is 2. The third-order valence-corrected chi connectivity index (χ3v) is 5.01. The van der Waals surface area contributed by atoms with Gasteiger partial charge in [0, 0.05) is 10.5 Å². The Kier molecular flexibility index (Phi) is 6.01. The number of hydrogen-bond donors (Lipinski definition) is 1. The van der Waals surface area contributed by atoms with Gasteiger partial charge in [-0.05, 0) is 30.9 Å². The number of carbonyl (C=O) groups is 1. The Hall–Kier alpha value is -2.24. The maximum absolute atomic E-state index is 12.5. The summed E-state index contributed by atoms with van der Waals surface area (Å²) in [6, 6.07) is 17.1. The lowest BCUT2D eigenvalue weighted by molar-refractivity contribution is -0.138. The molecular formula is C20H19ClN2O2S. The van der Waals surface area contributed by atoms with Crippen LogP contribution in [0.5, 0.6) is 0 Å². The average molecular weight is 387 g/mol. The quantitative estimate of drug-likeness (QED) is 0.466.